The average Bonchev–Trinajstić information content (AvgIpc) is 3.18. The molecule has 19 heavy (non-hydrogen) atoms. The minimum absolute atomic E-state index is 0.148. The lowest BCUT2D eigenvalue weighted by molar-refractivity contribution is -0.148. The highest BCUT2D eigenvalue weighted by atomic mass is 32.2. The van der Waals surface area contributed by atoms with Crippen LogP contribution in [0.25, 0.3) is 0 Å². The first-order valence-corrected chi connectivity index (χ1v) is 8.49. The number of nitrogens with zero attached hydrogens (tertiary/aromatic N) is 1. The minimum Gasteiger partial charge on any atom is -0.468 e. The van der Waals surface area contributed by atoms with Crippen LogP contribution in [0.2, 0.25) is 0 Å². The number of rotatable bonds is 4. The summed E-state index contributed by atoms with van der Waals surface area (Å²) in [5.41, 5.74) is 5.26. The number of sulfone groups is 1. The Morgan fingerprint density at radius 1 is 1.37 bits per heavy atom. The molecule has 0 radical (unpaired) electrons. The summed E-state index contributed by atoms with van der Waals surface area (Å²) >= 11 is 0. The van der Waals surface area contributed by atoms with Crippen molar-refractivity contribution < 1.29 is 17.9 Å². The predicted molar refractivity (Wildman–Crippen MR) is 71.4 cm³/mol. The Labute approximate surface area is 114 Å². The van der Waals surface area contributed by atoms with Crippen molar-refractivity contribution >= 4 is 15.8 Å². The fourth-order valence-electron chi connectivity index (χ4n) is 2.67. The van der Waals surface area contributed by atoms with E-state index in [4.69, 9.17) is 10.5 Å². The van der Waals surface area contributed by atoms with Crippen LogP contribution < -0.4 is 5.73 Å². The molecular formula is C12H22N2O4S. The fourth-order valence-corrected chi connectivity index (χ4v) is 3.98. The molecule has 2 aliphatic rings. The number of ether oxygens (including phenoxy) is 1. The van der Waals surface area contributed by atoms with Crippen LogP contribution in [0, 0.1) is 5.92 Å². The SMILES string of the molecule is COC(=O)C(N)(CN1CCCS(=O)(=O)CC1)C1CC1. The van der Waals surface area contributed by atoms with Crippen molar-refractivity contribution in [3.05, 3.63) is 0 Å². The van der Waals surface area contributed by atoms with Gasteiger partial charge in [-0.15, -0.1) is 0 Å². The molecule has 0 aromatic carbocycles. The highest BCUT2D eigenvalue weighted by Crippen LogP contribution is 2.39. The van der Waals surface area contributed by atoms with E-state index >= 15 is 0 Å². The van der Waals surface area contributed by atoms with Gasteiger partial charge in [0.1, 0.15) is 5.54 Å². The third-order valence-corrected chi connectivity index (χ3v) is 5.72. The van der Waals surface area contributed by atoms with Gasteiger partial charge in [-0.05, 0) is 31.7 Å². The van der Waals surface area contributed by atoms with Crippen molar-refractivity contribution in [2.75, 3.05) is 38.2 Å². The molecule has 7 heteroatoms. The monoisotopic (exact) mass is 290 g/mol. The number of hydrogen-bond acceptors (Lipinski definition) is 6. The molecule has 110 valence electrons. The Morgan fingerprint density at radius 3 is 2.63 bits per heavy atom. The van der Waals surface area contributed by atoms with Gasteiger partial charge in [0.2, 0.25) is 0 Å². The van der Waals surface area contributed by atoms with Crippen LogP contribution in [0.4, 0.5) is 0 Å². The molecule has 1 saturated heterocycles. The van der Waals surface area contributed by atoms with Crippen molar-refractivity contribution in [2.45, 2.75) is 24.8 Å². The molecule has 0 aromatic rings. The molecule has 6 nitrogen and oxygen atoms in total. The highest BCUT2D eigenvalue weighted by Gasteiger charge is 2.49. The Kier molecular flexibility index (Phi) is 4.17. The van der Waals surface area contributed by atoms with Gasteiger partial charge >= 0.3 is 5.97 Å². The van der Waals surface area contributed by atoms with E-state index in [0.717, 1.165) is 12.8 Å². The minimum atomic E-state index is -2.94. The lowest BCUT2D eigenvalue weighted by Crippen LogP contribution is -2.58. The van der Waals surface area contributed by atoms with Gasteiger partial charge in [0.15, 0.2) is 9.84 Å². The molecule has 0 aromatic heterocycles. The van der Waals surface area contributed by atoms with Crippen molar-refractivity contribution in [3.63, 3.8) is 0 Å². The van der Waals surface area contributed by atoms with Crippen LogP contribution in [0.15, 0.2) is 0 Å². The number of hydrogen-bond donors (Lipinski definition) is 1. The predicted octanol–water partition coefficient (Wildman–Crippen LogP) is -0.613. The third kappa shape index (κ3) is 3.46. The van der Waals surface area contributed by atoms with Gasteiger partial charge in [0.05, 0.1) is 18.6 Å². The Balaban J connectivity index is 2.03. The second-order valence-corrected chi connectivity index (χ2v) is 7.89. The van der Waals surface area contributed by atoms with E-state index in [2.05, 4.69) is 0 Å². The molecule has 0 amide bonds. The maximum atomic E-state index is 11.9. The zero-order valence-electron chi connectivity index (χ0n) is 11.3. The first-order chi connectivity index (χ1) is 8.87. The fraction of sp³-hybridized carbons (Fsp3) is 0.917. The average molecular weight is 290 g/mol. The number of carbonyl (C=O) groups is 1. The molecule has 0 bridgehead atoms. The van der Waals surface area contributed by atoms with Crippen LogP contribution in [0.1, 0.15) is 19.3 Å². The molecule has 1 aliphatic carbocycles. The molecule has 0 spiro atoms. The molecule has 1 saturated carbocycles. The van der Waals surface area contributed by atoms with E-state index < -0.39 is 15.4 Å². The zero-order valence-corrected chi connectivity index (χ0v) is 12.1. The van der Waals surface area contributed by atoms with E-state index in [1.807, 2.05) is 4.90 Å². The molecule has 2 rings (SSSR count). The largest absolute Gasteiger partial charge is 0.468 e. The van der Waals surface area contributed by atoms with Gasteiger partial charge in [0.25, 0.3) is 0 Å². The van der Waals surface area contributed by atoms with Gasteiger partial charge in [0, 0.05) is 13.1 Å². The topological polar surface area (TPSA) is 89.7 Å². The van der Waals surface area contributed by atoms with Gasteiger partial charge in [-0.25, -0.2) is 8.42 Å². The van der Waals surface area contributed by atoms with Gasteiger partial charge < -0.3 is 10.5 Å². The summed E-state index contributed by atoms with van der Waals surface area (Å²) < 4.78 is 28.0. The van der Waals surface area contributed by atoms with E-state index in [0.29, 0.717) is 26.1 Å². The Hall–Kier alpha value is -0.660. The third-order valence-electron chi connectivity index (χ3n) is 4.00. The smallest absolute Gasteiger partial charge is 0.327 e. The van der Waals surface area contributed by atoms with Crippen LogP contribution in [0.3, 0.4) is 0 Å². The lowest BCUT2D eigenvalue weighted by atomic mass is 9.93. The molecule has 1 atom stereocenters. The summed E-state index contributed by atoms with van der Waals surface area (Å²) in [5, 5.41) is 0. The second-order valence-electron chi connectivity index (χ2n) is 5.59. The number of methoxy groups -OCH3 is 1. The molecule has 2 N–H and O–H groups in total. The van der Waals surface area contributed by atoms with E-state index in [1.165, 1.54) is 7.11 Å². The van der Waals surface area contributed by atoms with E-state index in [-0.39, 0.29) is 23.4 Å². The standard InChI is InChI=1S/C12H22N2O4S/c1-18-11(15)12(13,10-3-4-10)9-14-5-2-7-19(16,17)8-6-14/h10H,2-9,13H2,1H3. The summed E-state index contributed by atoms with van der Waals surface area (Å²) in [4.78, 5) is 13.9. The number of nitrogens with two attached hydrogens (primary N) is 1. The first kappa shape index (κ1) is 14.7. The van der Waals surface area contributed by atoms with E-state index in [1.54, 1.807) is 0 Å². The zero-order chi connectivity index (χ0) is 14.1. The summed E-state index contributed by atoms with van der Waals surface area (Å²) in [5.74, 6) is 0.152. The molecular weight excluding hydrogens is 268 g/mol. The Morgan fingerprint density at radius 2 is 2.05 bits per heavy atom. The summed E-state index contributed by atoms with van der Waals surface area (Å²) in [6.07, 6.45) is 2.49. The maximum absolute atomic E-state index is 11.9. The molecule has 1 heterocycles. The van der Waals surface area contributed by atoms with Gasteiger partial charge in [-0.3, -0.25) is 9.69 Å². The summed E-state index contributed by atoms with van der Waals surface area (Å²) in [6, 6.07) is 0. The van der Waals surface area contributed by atoms with E-state index in [9.17, 15) is 13.2 Å². The Bertz CT molecular complexity index is 447. The second kappa shape index (κ2) is 5.38. The lowest BCUT2D eigenvalue weighted by Gasteiger charge is -2.32. The quantitative estimate of drug-likeness (QED) is 0.695. The normalized spacial score (nSPS) is 27.3. The van der Waals surface area contributed by atoms with Crippen molar-refractivity contribution in [1.82, 2.24) is 4.90 Å². The molecule has 2 fully saturated rings. The van der Waals surface area contributed by atoms with Crippen LogP contribution in [-0.4, -0.2) is 63.1 Å². The van der Waals surface area contributed by atoms with Crippen LogP contribution in [0.5, 0.6) is 0 Å². The van der Waals surface area contributed by atoms with Crippen LogP contribution >= 0.6 is 0 Å². The van der Waals surface area contributed by atoms with Crippen molar-refractivity contribution in [1.29, 1.82) is 0 Å². The van der Waals surface area contributed by atoms with Crippen molar-refractivity contribution in [2.24, 2.45) is 11.7 Å². The molecule has 1 unspecified atom stereocenters. The number of esters is 1. The summed E-state index contributed by atoms with van der Waals surface area (Å²) in [6.45, 7) is 1.51. The van der Waals surface area contributed by atoms with Crippen LogP contribution in [-0.2, 0) is 19.4 Å². The number of carbonyl (C=O) groups excluding carboxylic acids is 1. The first-order valence-electron chi connectivity index (χ1n) is 6.67. The maximum Gasteiger partial charge on any atom is 0.327 e. The molecule has 1 aliphatic heterocycles. The summed E-state index contributed by atoms with van der Waals surface area (Å²) in [7, 11) is -1.59. The van der Waals surface area contributed by atoms with Crippen molar-refractivity contribution in [3.8, 4) is 0 Å². The van der Waals surface area contributed by atoms with Gasteiger partial charge in [-0.1, -0.05) is 0 Å². The highest BCUT2D eigenvalue weighted by molar-refractivity contribution is 7.91. The van der Waals surface area contributed by atoms with Gasteiger partial charge in [-0.2, -0.15) is 0 Å².